The van der Waals surface area contributed by atoms with Crippen molar-refractivity contribution in [3.05, 3.63) is 57.1 Å². The van der Waals surface area contributed by atoms with Gasteiger partial charge in [-0.25, -0.2) is 8.42 Å². The molecular formula is C21H22Cl2F3NO5S. The van der Waals surface area contributed by atoms with Crippen molar-refractivity contribution in [1.82, 2.24) is 5.32 Å². The lowest BCUT2D eigenvalue weighted by Crippen LogP contribution is -2.30. The molecule has 2 rings (SSSR count). The zero-order valence-corrected chi connectivity index (χ0v) is 20.3. The smallest absolute Gasteiger partial charge is 0.496 e. The van der Waals surface area contributed by atoms with Crippen molar-refractivity contribution in [2.24, 2.45) is 0 Å². The van der Waals surface area contributed by atoms with E-state index in [1.807, 2.05) is 0 Å². The van der Waals surface area contributed by atoms with Crippen LogP contribution in [-0.4, -0.2) is 46.4 Å². The standard InChI is InChI=1S/C21H22Cl2F3NO5S/c1-12-8-15(32-21(24,25)26)10-16(19(12)31-2)20(28)27-11-14(6-7-33(3,29)30)13-4-5-17(22)18(23)9-13/h4-5,8-10,14H,6-7,11H2,1-3H3,(H,27,28). The van der Waals surface area contributed by atoms with E-state index < -0.39 is 33.8 Å². The van der Waals surface area contributed by atoms with Gasteiger partial charge in [-0.3, -0.25) is 4.79 Å². The van der Waals surface area contributed by atoms with Gasteiger partial charge in [0.25, 0.3) is 5.91 Å². The first kappa shape index (κ1) is 27.1. The second-order valence-electron chi connectivity index (χ2n) is 7.37. The maximum Gasteiger partial charge on any atom is 0.573 e. The number of alkyl halides is 3. The Hall–Kier alpha value is -2.17. The van der Waals surface area contributed by atoms with Gasteiger partial charge in [0.05, 0.1) is 28.5 Å². The molecule has 0 radical (unpaired) electrons. The van der Waals surface area contributed by atoms with Crippen molar-refractivity contribution in [3.63, 3.8) is 0 Å². The van der Waals surface area contributed by atoms with Gasteiger partial charge in [0.2, 0.25) is 0 Å². The highest BCUT2D eigenvalue weighted by Crippen LogP contribution is 2.32. The summed E-state index contributed by atoms with van der Waals surface area (Å²) in [5.74, 6) is -1.80. The van der Waals surface area contributed by atoms with Crippen LogP contribution in [0.15, 0.2) is 30.3 Å². The lowest BCUT2D eigenvalue weighted by molar-refractivity contribution is -0.274. The van der Waals surface area contributed by atoms with Gasteiger partial charge >= 0.3 is 6.36 Å². The molecule has 182 valence electrons. The van der Waals surface area contributed by atoms with Crippen molar-refractivity contribution < 1.29 is 35.9 Å². The Bertz CT molecular complexity index is 1120. The summed E-state index contributed by atoms with van der Waals surface area (Å²) >= 11 is 12.0. The SMILES string of the molecule is COc1c(C)cc(OC(F)(F)F)cc1C(=O)NCC(CCS(C)(=O)=O)c1ccc(Cl)c(Cl)c1. The van der Waals surface area contributed by atoms with Crippen molar-refractivity contribution in [3.8, 4) is 11.5 Å². The van der Waals surface area contributed by atoms with E-state index >= 15 is 0 Å². The summed E-state index contributed by atoms with van der Waals surface area (Å²) in [7, 11) is -2.00. The van der Waals surface area contributed by atoms with Gasteiger partial charge in [-0.1, -0.05) is 29.3 Å². The van der Waals surface area contributed by atoms with Crippen LogP contribution in [-0.2, 0) is 9.84 Å². The average Bonchev–Trinajstić information content (AvgIpc) is 2.67. The molecule has 6 nitrogen and oxygen atoms in total. The molecule has 0 fully saturated rings. The normalized spacial score (nSPS) is 12.8. The van der Waals surface area contributed by atoms with E-state index in [4.69, 9.17) is 27.9 Å². The first-order chi connectivity index (χ1) is 15.2. The number of sulfone groups is 1. The topological polar surface area (TPSA) is 81.7 Å². The number of carbonyl (C=O) groups excluding carboxylic acids is 1. The van der Waals surface area contributed by atoms with Crippen LogP contribution in [0.4, 0.5) is 13.2 Å². The van der Waals surface area contributed by atoms with Gasteiger partial charge in [0.1, 0.15) is 21.3 Å². The van der Waals surface area contributed by atoms with E-state index in [0.29, 0.717) is 10.6 Å². The molecule has 1 amide bonds. The van der Waals surface area contributed by atoms with E-state index in [2.05, 4.69) is 10.1 Å². The van der Waals surface area contributed by atoms with E-state index in [0.717, 1.165) is 18.4 Å². The van der Waals surface area contributed by atoms with Crippen LogP contribution in [0.1, 0.15) is 33.8 Å². The lowest BCUT2D eigenvalue weighted by Gasteiger charge is -2.20. The van der Waals surface area contributed by atoms with Crippen LogP contribution in [0.2, 0.25) is 10.0 Å². The molecule has 0 spiro atoms. The highest BCUT2D eigenvalue weighted by molar-refractivity contribution is 7.90. The monoisotopic (exact) mass is 527 g/mol. The fourth-order valence-electron chi connectivity index (χ4n) is 3.19. The Balaban J connectivity index is 2.30. The molecule has 2 aromatic rings. The maximum absolute atomic E-state index is 12.9. The molecule has 0 aliphatic carbocycles. The minimum Gasteiger partial charge on any atom is -0.496 e. The summed E-state index contributed by atoms with van der Waals surface area (Å²) < 4.78 is 70.4. The number of hydrogen-bond donors (Lipinski definition) is 1. The quantitative estimate of drug-likeness (QED) is 0.487. The van der Waals surface area contributed by atoms with E-state index in [1.165, 1.54) is 14.0 Å². The molecule has 1 atom stereocenters. The van der Waals surface area contributed by atoms with Gasteiger partial charge in [-0.2, -0.15) is 0 Å². The molecule has 0 heterocycles. The predicted molar refractivity (Wildman–Crippen MR) is 120 cm³/mol. The van der Waals surface area contributed by atoms with Crippen LogP contribution in [0.5, 0.6) is 11.5 Å². The predicted octanol–water partition coefficient (Wildman–Crippen LogP) is 5.16. The van der Waals surface area contributed by atoms with Crippen molar-refractivity contribution >= 4 is 38.9 Å². The molecule has 33 heavy (non-hydrogen) atoms. The molecule has 0 aliphatic rings. The summed E-state index contributed by atoms with van der Waals surface area (Å²) in [5, 5.41) is 3.21. The number of benzene rings is 2. The number of hydrogen-bond acceptors (Lipinski definition) is 5. The van der Waals surface area contributed by atoms with E-state index in [-0.39, 0.29) is 40.6 Å². The minimum absolute atomic E-state index is 0.0150. The second-order valence-corrected chi connectivity index (χ2v) is 10.4. The zero-order valence-electron chi connectivity index (χ0n) is 17.9. The van der Waals surface area contributed by atoms with E-state index in [1.54, 1.807) is 18.2 Å². The fourth-order valence-corrected chi connectivity index (χ4v) is 4.21. The Morgan fingerprint density at radius 2 is 1.82 bits per heavy atom. The highest BCUT2D eigenvalue weighted by Gasteiger charge is 2.32. The average molecular weight is 528 g/mol. The van der Waals surface area contributed by atoms with Crippen molar-refractivity contribution in [1.29, 1.82) is 0 Å². The molecule has 1 N–H and O–H groups in total. The number of halogens is 5. The van der Waals surface area contributed by atoms with Crippen LogP contribution >= 0.6 is 23.2 Å². The molecule has 2 aromatic carbocycles. The summed E-state index contributed by atoms with van der Waals surface area (Å²) in [4.78, 5) is 12.9. The van der Waals surface area contributed by atoms with Gasteiger partial charge in [0.15, 0.2) is 0 Å². The minimum atomic E-state index is -4.93. The largest absolute Gasteiger partial charge is 0.573 e. The van der Waals surface area contributed by atoms with Crippen LogP contribution in [0.3, 0.4) is 0 Å². The fraction of sp³-hybridized carbons (Fsp3) is 0.381. The number of nitrogens with one attached hydrogen (secondary N) is 1. The van der Waals surface area contributed by atoms with Crippen molar-refractivity contribution in [2.75, 3.05) is 25.7 Å². The third-order valence-electron chi connectivity index (χ3n) is 4.69. The number of methoxy groups -OCH3 is 1. The van der Waals surface area contributed by atoms with Crippen LogP contribution in [0, 0.1) is 6.92 Å². The van der Waals surface area contributed by atoms with Crippen LogP contribution in [0.25, 0.3) is 0 Å². The number of amides is 1. The number of rotatable bonds is 9. The third kappa shape index (κ3) is 8.28. The van der Waals surface area contributed by atoms with Gasteiger partial charge in [0, 0.05) is 18.7 Å². The molecule has 0 saturated carbocycles. The van der Waals surface area contributed by atoms with Crippen molar-refractivity contribution in [2.45, 2.75) is 25.6 Å². The molecule has 1 unspecified atom stereocenters. The number of aryl methyl sites for hydroxylation is 1. The first-order valence-corrected chi connectivity index (χ1v) is 12.4. The second kappa shape index (κ2) is 10.8. The van der Waals surface area contributed by atoms with Gasteiger partial charge < -0.3 is 14.8 Å². The third-order valence-corrected chi connectivity index (χ3v) is 6.41. The Kier molecular flexibility index (Phi) is 8.89. The van der Waals surface area contributed by atoms with Gasteiger partial charge in [-0.05, 0) is 48.7 Å². The Morgan fingerprint density at radius 3 is 2.36 bits per heavy atom. The molecule has 0 bridgehead atoms. The molecule has 12 heteroatoms. The highest BCUT2D eigenvalue weighted by atomic mass is 35.5. The number of carbonyl (C=O) groups is 1. The summed E-state index contributed by atoms with van der Waals surface area (Å²) in [6, 6.07) is 6.83. The Labute approximate surface area is 199 Å². The maximum atomic E-state index is 12.9. The summed E-state index contributed by atoms with van der Waals surface area (Å²) in [5.41, 5.74) is 0.751. The Morgan fingerprint density at radius 1 is 1.15 bits per heavy atom. The summed E-state index contributed by atoms with van der Waals surface area (Å²) in [6.07, 6.45) is -3.67. The molecule has 0 aromatic heterocycles. The molecule has 0 saturated heterocycles. The molecule has 0 aliphatic heterocycles. The van der Waals surface area contributed by atoms with Gasteiger partial charge in [-0.15, -0.1) is 13.2 Å². The van der Waals surface area contributed by atoms with E-state index in [9.17, 15) is 26.4 Å². The van der Waals surface area contributed by atoms with Crippen LogP contribution < -0.4 is 14.8 Å². The zero-order chi connectivity index (χ0) is 25.0. The first-order valence-electron chi connectivity index (χ1n) is 9.55. The molecular weight excluding hydrogens is 506 g/mol. The summed E-state index contributed by atoms with van der Waals surface area (Å²) in [6.45, 7) is 1.46. The number of ether oxygens (including phenoxy) is 2. The lowest BCUT2D eigenvalue weighted by atomic mass is 9.96.